The molecule has 0 bridgehead atoms. The summed E-state index contributed by atoms with van der Waals surface area (Å²) in [5.74, 6) is 1.22. The summed E-state index contributed by atoms with van der Waals surface area (Å²) in [4.78, 5) is 20.9. The first-order valence-electron chi connectivity index (χ1n) is 8.57. The molecule has 1 aromatic carbocycles. The van der Waals surface area contributed by atoms with Gasteiger partial charge in [0.2, 0.25) is 5.88 Å². The monoisotopic (exact) mass is 363 g/mol. The zero-order valence-corrected chi connectivity index (χ0v) is 15.3. The van der Waals surface area contributed by atoms with E-state index < -0.39 is 0 Å². The number of nitrogens with one attached hydrogen (secondary N) is 1. The van der Waals surface area contributed by atoms with Crippen molar-refractivity contribution in [3.8, 4) is 22.9 Å². The molecule has 0 unspecified atom stereocenters. The highest BCUT2D eigenvalue weighted by Crippen LogP contribution is 2.19. The number of ether oxygens (including phenoxy) is 2. The van der Waals surface area contributed by atoms with Crippen molar-refractivity contribution in [3.63, 3.8) is 0 Å². The molecular formula is C21H21N3O3. The summed E-state index contributed by atoms with van der Waals surface area (Å²) in [5.41, 5.74) is 3.21. The number of methoxy groups -OCH3 is 2. The Morgan fingerprint density at radius 2 is 1.81 bits per heavy atom. The van der Waals surface area contributed by atoms with Gasteiger partial charge in [-0.3, -0.25) is 9.78 Å². The molecule has 3 rings (SSSR count). The Kier molecular flexibility index (Phi) is 5.99. The highest BCUT2D eigenvalue weighted by atomic mass is 16.5. The van der Waals surface area contributed by atoms with E-state index in [1.807, 2.05) is 30.3 Å². The Bertz CT molecular complexity index is 893. The molecule has 0 fully saturated rings. The van der Waals surface area contributed by atoms with Gasteiger partial charge in [0.1, 0.15) is 5.75 Å². The highest BCUT2D eigenvalue weighted by Gasteiger charge is 2.08. The van der Waals surface area contributed by atoms with E-state index in [0.29, 0.717) is 23.7 Å². The summed E-state index contributed by atoms with van der Waals surface area (Å²) in [6.07, 6.45) is 4.04. The number of carbonyl (C=O) groups excluding carboxylic acids is 1. The van der Waals surface area contributed by atoms with Crippen LogP contribution < -0.4 is 14.8 Å². The number of rotatable bonds is 7. The Morgan fingerprint density at radius 1 is 1.00 bits per heavy atom. The van der Waals surface area contributed by atoms with E-state index in [9.17, 15) is 4.79 Å². The summed E-state index contributed by atoms with van der Waals surface area (Å²) in [7, 11) is 3.21. The highest BCUT2D eigenvalue weighted by molar-refractivity contribution is 5.95. The van der Waals surface area contributed by atoms with Crippen molar-refractivity contribution in [2.24, 2.45) is 0 Å². The number of aromatic nitrogens is 2. The third-order valence-corrected chi connectivity index (χ3v) is 4.12. The van der Waals surface area contributed by atoms with Crippen LogP contribution in [0.15, 0.2) is 60.9 Å². The molecule has 27 heavy (non-hydrogen) atoms. The van der Waals surface area contributed by atoms with Crippen LogP contribution >= 0.6 is 0 Å². The molecule has 0 radical (unpaired) electrons. The van der Waals surface area contributed by atoms with E-state index in [1.54, 1.807) is 44.8 Å². The van der Waals surface area contributed by atoms with E-state index in [1.165, 1.54) is 0 Å². The van der Waals surface area contributed by atoms with Crippen LogP contribution in [-0.2, 0) is 6.42 Å². The van der Waals surface area contributed by atoms with Gasteiger partial charge in [0.05, 0.1) is 19.9 Å². The van der Waals surface area contributed by atoms with Gasteiger partial charge >= 0.3 is 0 Å². The second-order valence-electron chi connectivity index (χ2n) is 5.87. The van der Waals surface area contributed by atoms with Crippen molar-refractivity contribution < 1.29 is 14.3 Å². The fraction of sp³-hybridized carbons (Fsp3) is 0.190. The number of nitrogens with zero attached hydrogens (tertiary/aromatic N) is 2. The summed E-state index contributed by atoms with van der Waals surface area (Å²) in [6, 6.07) is 14.9. The van der Waals surface area contributed by atoms with Crippen LogP contribution in [0.1, 0.15) is 15.9 Å². The predicted molar refractivity (Wildman–Crippen MR) is 103 cm³/mol. The van der Waals surface area contributed by atoms with E-state index in [4.69, 9.17) is 9.47 Å². The van der Waals surface area contributed by atoms with Gasteiger partial charge in [-0.05, 0) is 42.3 Å². The smallest absolute Gasteiger partial charge is 0.251 e. The molecular weight excluding hydrogens is 342 g/mol. The first-order chi connectivity index (χ1) is 13.2. The lowest BCUT2D eigenvalue weighted by Crippen LogP contribution is -2.25. The van der Waals surface area contributed by atoms with Crippen molar-refractivity contribution in [1.29, 1.82) is 0 Å². The average molecular weight is 363 g/mol. The van der Waals surface area contributed by atoms with Crippen molar-refractivity contribution in [1.82, 2.24) is 15.3 Å². The molecule has 3 aromatic rings. The second-order valence-corrected chi connectivity index (χ2v) is 5.87. The fourth-order valence-corrected chi connectivity index (χ4v) is 2.60. The Labute approximate surface area is 158 Å². The molecule has 0 atom stereocenters. The maximum Gasteiger partial charge on any atom is 0.251 e. The molecule has 0 aliphatic heterocycles. The molecule has 138 valence electrons. The fourth-order valence-electron chi connectivity index (χ4n) is 2.60. The van der Waals surface area contributed by atoms with Gasteiger partial charge in [-0.1, -0.05) is 12.1 Å². The van der Waals surface area contributed by atoms with Crippen molar-refractivity contribution in [2.45, 2.75) is 6.42 Å². The zero-order chi connectivity index (χ0) is 19.1. The van der Waals surface area contributed by atoms with Crippen LogP contribution in [0.5, 0.6) is 11.6 Å². The molecule has 2 aromatic heterocycles. The lowest BCUT2D eigenvalue weighted by atomic mass is 10.1. The van der Waals surface area contributed by atoms with Crippen molar-refractivity contribution >= 4 is 5.91 Å². The summed E-state index contributed by atoms with van der Waals surface area (Å²) in [6.45, 7) is 0.549. The van der Waals surface area contributed by atoms with E-state index in [-0.39, 0.29) is 5.91 Å². The quantitative estimate of drug-likeness (QED) is 0.698. The van der Waals surface area contributed by atoms with Gasteiger partial charge in [0.25, 0.3) is 5.91 Å². The number of hydrogen-bond acceptors (Lipinski definition) is 5. The van der Waals surface area contributed by atoms with Crippen LogP contribution in [-0.4, -0.2) is 36.6 Å². The van der Waals surface area contributed by atoms with Gasteiger partial charge in [-0.25, -0.2) is 4.98 Å². The molecule has 6 nitrogen and oxygen atoms in total. The van der Waals surface area contributed by atoms with Crippen molar-refractivity contribution in [2.75, 3.05) is 20.8 Å². The average Bonchev–Trinajstić information content (AvgIpc) is 2.74. The largest absolute Gasteiger partial charge is 0.497 e. The molecule has 1 amide bonds. The van der Waals surface area contributed by atoms with Gasteiger partial charge in [0, 0.05) is 36.1 Å². The van der Waals surface area contributed by atoms with E-state index in [2.05, 4.69) is 15.3 Å². The molecule has 6 heteroatoms. The number of carbonyl (C=O) groups is 1. The number of pyridine rings is 2. The summed E-state index contributed by atoms with van der Waals surface area (Å²) in [5, 5.41) is 2.94. The molecule has 0 saturated carbocycles. The van der Waals surface area contributed by atoms with Crippen LogP contribution in [0, 0.1) is 0 Å². The van der Waals surface area contributed by atoms with Gasteiger partial charge in [0.15, 0.2) is 0 Å². The van der Waals surface area contributed by atoms with Gasteiger partial charge < -0.3 is 14.8 Å². The number of amides is 1. The number of benzene rings is 1. The molecule has 0 spiro atoms. The summed E-state index contributed by atoms with van der Waals surface area (Å²) >= 11 is 0. The van der Waals surface area contributed by atoms with Crippen LogP contribution in [0.3, 0.4) is 0 Å². The van der Waals surface area contributed by atoms with Crippen LogP contribution in [0.25, 0.3) is 11.3 Å². The third kappa shape index (κ3) is 4.82. The third-order valence-electron chi connectivity index (χ3n) is 4.12. The normalized spacial score (nSPS) is 10.3. The summed E-state index contributed by atoms with van der Waals surface area (Å²) < 4.78 is 10.2. The zero-order valence-electron chi connectivity index (χ0n) is 15.3. The lowest BCUT2D eigenvalue weighted by Gasteiger charge is -2.08. The molecule has 0 aliphatic rings. The minimum atomic E-state index is -0.131. The standard InChI is InChI=1S/C21H21N3O3/c1-26-18-6-3-15(4-7-18)9-11-23-21(25)16-10-12-22-19(13-16)17-5-8-20(27-2)24-14-17/h3-8,10,12-14H,9,11H2,1-2H3,(H,23,25). The minimum Gasteiger partial charge on any atom is -0.497 e. The molecule has 0 aliphatic carbocycles. The molecule has 0 saturated heterocycles. The number of hydrogen-bond donors (Lipinski definition) is 1. The molecule has 2 heterocycles. The van der Waals surface area contributed by atoms with Gasteiger partial charge in [-0.2, -0.15) is 0 Å². The maximum absolute atomic E-state index is 12.4. The SMILES string of the molecule is COc1ccc(CCNC(=O)c2ccnc(-c3ccc(OC)nc3)c2)cc1. The second kappa shape index (κ2) is 8.80. The van der Waals surface area contributed by atoms with Crippen LogP contribution in [0.4, 0.5) is 0 Å². The maximum atomic E-state index is 12.4. The Balaban J connectivity index is 1.60. The Hall–Kier alpha value is -3.41. The van der Waals surface area contributed by atoms with E-state index >= 15 is 0 Å². The van der Waals surface area contributed by atoms with E-state index in [0.717, 1.165) is 23.3 Å². The predicted octanol–water partition coefficient (Wildman–Crippen LogP) is 3.13. The topological polar surface area (TPSA) is 73.3 Å². The Morgan fingerprint density at radius 3 is 2.48 bits per heavy atom. The van der Waals surface area contributed by atoms with Crippen LogP contribution in [0.2, 0.25) is 0 Å². The van der Waals surface area contributed by atoms with Gasteiger partial charge in [-0.15, -0.1) is 0 Å². The first kappa shape index (κ1) is 18.4. The van der Waals surface area contributed by atoms with Crippen molar-refractivity contribution in [3.05, 3.63) is 72.1 Å². The minimum absolute atomic E-state index is 0.131. The molecule has 1 N–H and O–H groups in total. The lowest BCUT2D eigenvalue weighted by molar-refractivity contribution is 0.0954. The first-order valence-corrected chi connectivity index (χ1v) is 8.57.